The van der Waals surface area contributed by atoms with Crippen molar-refractivity contribution < 1.29 is 9.18 Å². The zero-order chi connectivity index (χ0) is 21.0. The monoisotopic (exact) mass is 416 g/mol. The summed E-state index contributed by atoms with van der Waals surface area (Å²) in [6.45, 7) is 1.17. The highest BCUT2D eigenvalue weighted by molar-refractivity contribution is 6.30. The summed E-state index contributed by atoms with van der Waals surface area (Å²) in [4.78, 5) is 14.3. The van der Waals surface area contributed by atoms with E-state index in [0.717, 1.165) is 5.56 Å². The molecule has 0 aliphatic heterocycles. The molecule has 7 nitrogen and oxygen atoms in total. The molecule has 1 heterocycles. The second kappa shape index (κ2) is 8.93. The van der Waals surface area contributed by atoms with Crippen molar-refractivity contribution in [1.29, 1.82) is 0 Å². The zero-order valence-corrected chi connectivity index (χ0v) is 16.9. The van der Waals surface area contributed by atoms with Gasteiger partial charge in [-0.2, -0.15) is 5.10 Å². The number of carbonyl (C=O) groups excluding carboxylic acids is 1. The molecule has 0 unspecified atom stereocenters. The van der Waals surface area contributed by atoms with Gasteiger partial charge in [0.25, 0.3) is 0 Å². The lowest BCUT2D eigenvalue weighted by Gasteiger charge is -2.12. The number of halogens is 2. The molecule has 0 saturated heterocycles. The van der Waals surface area contributed by atoms with Crippen LogP contribution in [-0.4, -0.2) is 47.9 Å². The van der Waals surface area contributed by atoms with Gasteiger partial charge in [0, 0.05) is 23.7 Å². The van der Waals surface area contributed by atoms with Crippen LogP contribution >= 0.6 is 11.6 Å². The van der Waals surface area contributed by atoms with Gasteiger partial charge in [0.15, 0.2) is 5.82 Å². The minimum Gasteiger partial charge on any atom is -0.382 e. The lowest BCUT2D eigenvalue weighted by atomic mass is 10.1. The number of hydrogen-bond donors (Lipinski definition) is 3. The average molecular weight is 417 g/mol. The Balaban J connectivity index is 1.96. The van der Waals surface area contributed by atoms with Crippen molar-refractivity contribution in [3.63, 3.8) is 0 Å². The van der Waals surface area contributed by atoms with Crippen molar-refractivity contribution >= 4 is 29.1 Å². The molecule has 2 aromatic carbocycles. The van der Waals surface area contributed by atoms with Crippen molar-refractivity contribution in [1.82, 2.24) is 20.0 Å². The van der Waals surface area contributed by atoms with E-state index in [9.17, 15) is 9.18 Å². The van der Waals surface area contributed by atoms with E-state index in [-0.39, 0.29) is 11.6 Å². The molecule has 9 heteroatoms. The maximum Gasteiger partial charge on any atom is 0.319 e. The van der Waals surface area contributed by atoms with Crippen LogP contribution in [0.15, 0.2) is 48.5 Å². The van der Waals surface area contributed by atoms with Crippen LogP contribution in [-0.2, 0) is 0 Å². The first-order chi connectivity index (χ1) is 13.8. The highest BCUT2D eigenvalue weighted by Crippen LogP contribution is 2.34. The Morgan fingerprint density at radius 3 is 2.45 bits per heavy atom. The summed E-state index contributed by atoms with van der Waals surface area (Å²) in [6, 6.07) is 12.4. The third kappa shape index (κ3) is 5.04. The van der Waals surface area contributed by atoms with E-state index in [0.29, 0.717) is 35.2 Å². The average Bonchev–Trinajstić information content (AvgIpc) is 2.99. The summed E-state index contributed by atoms with van der Waals surface area (Å²) < 4.78 is 14.8. The SMILES string of the molecule is CN(C)CCNC(=O)Nc1c(-c2ccc(Cl)cc2)nn(-c2ccc(F)cc2)c1N. The van der Waals surface area contributed by atoms with Crippen LogP contribution in [0.4, 0.5) is 20.7 Å². The van der Waals surface area contributed by atoms with Crippen LogP contribution in [0.1, 0.15) is 0 Å². The Labute approximate surface area is 173 Å². The fourth-order valence-corrected chi connectivity index (χ4v) is 2.82. The molecule has 0 atom stereocenters. The highest BCUT2D eigenvalue weighted by atomic mass is 35.5. The number of aromatic nitrogens is 2. The summed E-state index contributed by atoms with van der Waals surface area (Å²) in [7, 11) is 3.84. The van der Waals surface area contributed by atoms with Crippen LogP contribution in [0.2, 0.25) is 5.02 Å². The molecule has 3 aromatic rings. The molecule has 3 rings (SSSR count). The molecule has 0 saturated carbocycles. The van der Waals surface area contributed by atoms with Gasteiger partial charge in [0.05, 0.1) is 5.69 Å². The van der Waals surface area contributed by atoms with Gasteiger partial charge in [0.1, 0.15) is 17.2 Å². The lowest BCUT2D eigenvalue weighted by Crippen LogP contribution is -2.34. The topological polar surface area (TPSA) is 88.2 Å². The smallest absolute Gasteiger partial charge is 0.319 e. The number of hydrogen-bond acceptors (Lipinski definition) is 4. The first-order valence-electron chi connectivity index (χ1n) is 8.95. The Bertz CT molecular complexity index is 985. The highest BCUT2D eigenvalue weighted by Gasteiger charge is 2.20. The predicted molar refractivity (Wildman–Crippen MR) is 114 cm³/mol. The Morgan fingerprint density at radius 1 is 1.17 bits per heavy atom. The van der Waals surface area contributed by atoms with Gasteiger partial charge in [0.2, 0.25) is 0 Å². The van der Waals surface area contributed by atoms with Crippen molar-refractivity contribution in [3.8, 4) is 16.9 Å². The maximum atomic E-state index is 13.3. The largest absolute Gasteiger partial charge is 0.382 e. The quantitative estimate of drug-likeness (QED) is 0.573. The van der Waals surface area contributed by atoms with E-state index in [1.54, 1.807) is 36.4 Å². The van der Waals surface area contributed by atoms with Gasteiger partial charge < -0.3 is 21.3 Å². The van der Waals surface area contributed by atoms with Crippen LogP contribution in [0.5, 0.6) is 0 Å². The van der Waals surface area contributed by atoms with Gasteiger partial charge in [-0.15, -0.1) is 0 Å². The second-order valence-electron chi connectivity index (χ2n) is 6.69. The third-order valence-corrected chi connectivity index (χ3v) is 4.45. The molecule has 29 heavy (non-hydrogen) atoms. The van der Waals surface area contributed by atoms with Gasteiger partial charge in [-0.1, -0.05) is 23.7 Å². The van der Waals surface area contributed by atoms with E-state index >= 15 is 0 Å². The van der Waals surface area contributed by atoms with Gasteiger partial charge in [-0.25, -0.2) is 13.9 Å². The molecule has 4 N–H and O–H groups in total. The Morgan fingerprint density at radius 2 is 1.83 bits per heavy atom. The Kier molecular flexibility index (Phi) is 6.36. The molecule has 152 valence electrons. The Hall–Kier alpha value is -3.10. The number of benzene rings is 2. The number of nitrogen functional groups attached to an aromatic ring is 1. The van der Waals surface area contributed by atoms with E-state index in [4.69, 9.17) is 17.3 Å². The van der Waals surface area contributed by atoms with Crippen LogP contribution in [0.3, 0.4) is 0 Å². The second-order valence-corrected chi connectivity index (χ2v) is 7.12. The van der Waals surface area contributed by atoms with Crippen LogP contribution < -0.4 is 16.4 Å². The number of nitrogens with zero attached hydrogens (tertiary/aromatic N) is 3. The molecule has 2 amide bonds. The molecule has 0 bridgehead atoms. The number of anilines is 2. The first kappa shape index (κ1) is 20.6. The number of rotatable bonds is 6. The number of urea groups is 1. The van der Waals surface area contributed by atoms with Crippen molar-refractivity contribution in [2.45, 2.75) is 0 Å². The predicted octanol–water partition coefficient (Wildman–Crippen LogP) is 3.60. The molecule has 0 aliphatic carbocycles. The zero-order valence-electron chi connectivity index (χ0n) is 16.1. The van der Waals surface area contributed by atoms with Gasteiger partial charge in [-0.05, 0) is 50.5 Å². The fourth-order valence-electron chi connectivity index (χ4n) is 2.69. The summed E-state index contributed by atoms with van der Waals surface area (Å²) in [5.41, 5.74) is 8.43. The number of nitrogens with one attached hydrogen (secondary N) is 2. The van der Waals surface area contributed by atoms with Crippen LogP contribution in [0.25, 0.3) is 16.9 Å². The molecule has 1 aromatic heterocycles. The standard InChI is InChI=1S/C20H22ClFN6O/c1-27(2)12-11-24-20(29)25-18-17(13-3-5-14(21)6-4-13)26-28(19(18)23)16-9-7-15(22)8-10-16/h3-10H,11-12,23H2,1-2H3,(H2,24,25,29). The summed E-state index contributed by atoms with van der Waals surface area (Å²) >= 11 is 5.98. The molecule has 0 aliphatic rings. The number of amides is 2. The van der Waals surface area contributed by atoms with Crippen molar-refractivity contribution in [3.05, 3.63) is 59.4 Å². The van der Waals surface area contributed by atoms with E-state index in [2.05, 4.69) is 15.7 Å². The molecule has 0 fully saturated rings. The van der Waals surface area contributed by atoms with Crippen LogP contribution in [0, 0.1) is 5.82 Å². The van der Waals surface area contributed by atoms with Gasteiger partial charge >= 0.3 is 6.03 Å². The summed E-state index contributed by atoms with van der Waals surface area (Å²) in [5, 5.41) is 10.7. The third-order valence-electron chi connectivity index (χ3n) is 4.19. The summed E-state index contributed by atoms with van der Waals surface area (Å²) in [5.74, 6) is -0.139. The molecule has 0 radical (unpaired) electrons. The molecular formula is C20H22ClFN6O. The van der Waals surface area contributed by atoms with Crippen molar-refractivity contribution in [2.75, 3.05) is 38.2 Å². The minimum absolute atomic E-state index is 0.226. The summed E-state index contributed by atoms with van der Waals surface area (Å²) in [6.07, 6.45) is 0. The van der Waals surface area contributed by atoms with E-state index in [1.165, 1.54) is 16.8 Å². The minimum atomic E-state index is -0.396. The molecular weight excluding hydrogens is 395 g/mol. The lowest BCUT2D eigenvalue weighted by molar-refractivity contribution is 0.250. The van der Waals surface area contributed by atoms with Crippen molar-refractivity contribution in [2.24, 2.45) is 0 Å². The number of carbonyl (C=O) groups is 1. The number of nitrogens with two attached hydrogens (primary N) is 1. The van der Waals surface area contributed by atoms with E-state index in [1.807, 2.05) is 19.0 Å². The number of likely N-dealkylation sites (N-methyl/N-ethyl adjacent to an activating group) is 1. The first-order valence-corrected chi connectivity index (χ1v) is 9.33. The fraction of sp³-hybridized carbons (Fsp3) is 0.200. The maximum absolute atomic E-state index is 13.3. The van der Waals surface area contributed by atoms with Gasteiger partial charge in [-0.3, -0.25) is 0 Å². The normalized spacial score (nSPS) is 10.9. The van der Waals surface area contributed by atoms with E-state index < -0.39 is 6.03 Å². The molecule has 0 spiro atoms.